The lowest BCUT2D eigenvalue weighted by Gasteiger charge is -2.29. The van der Waals surface area contributed by atoms with E-state index in [0.717, 1.165) is 0 Å². The van der Waals surface area contributed by atoms with Crippen molar-refractivity contribution in [3.05, 3.63) is 34.8 Å². The van der Waals surface area contributed by atoms with Crippen LogP contribution in [0, 0.1) is 29.2 Å². The van der Waals surface area contributed by atoms with Crippen molar-refractivity contribution in [3.63, 3.8) is 0 Å². The first-order valence-electron chi connectivity index (χ1n) is 5.93. The lowest BCUT2D eigenvalue weighted by atomic mass is 9.97. The predicted molar refractivity (Wildman–Crippen MR) is 59.2 cm³/mol. The SMILES string of the molecule is NC(=O)[C@@](F)(N(F)F)C(F)(F)c1c(F)n(F)c2c(F)c(F)c(F)c(F)c12. The Labute approximate surface area is 134 Å². The molecule has 0 saturated heterocycles. The summed E-state index contributed by atoms with van der Waals surface area (Å²) in [7, 11) is 0. The third-order valence-electron chi connectivity index (χ3n) is 3.36. The number of hydrogen-bond donors (Lipinski definition) is 1. The Bertz CT molecular complexity index is 924. The Morgan fingerprint density at radius 2 is 1.38 bits per heavy atom. The highest BCUT2D eigenvalue weighted by Crippen LogP contribution is 2.49. The number of carbonyl (C=O) groups excluding carboxylic acids is 1. The molecule has 0 aliphatic heterocycles. The first-order valence-corrected chi connectivity index (χ1v) is 5.93. The molecule has 1 atom stereocenters. The fourth-order valence-electron chi connectivity index (χ4n) is 2.13. The van der Waals surface area contributed by atoms with E-state index in [1.165, 1.54) is 0 Å². The van der Waals surface area contributed by atoms with Gasteiger partial charge in [-0.25, -0.2) is 22.0 Å². The minimum absolute atomic E-state index is 1.80. The number of alkyl halides is 3. The van der Waals surface area contributed by atoms with E-state index < -0.39 is 73.4 Å². The zero-order valence-electron chi connectivity index (χ0n) is 11.5. The number of carbonyl (C=O) groups is 1. The van der Waals surface area contributed by atoms with Crippen molar-refractivity contribution in [3.8, 4) is 0 Å². The molecule has 0 aliphatic carbocycles. The number of halogens is 11. The van der Waals surface area contributed by atoms with Crippen LogP contribution in [0.3, 0.4) is 0 Å². The lowest BCUT2D eigenvalue weighted by molar-refractivity contribution is -0.333. The first kappa shape index (κ1) is 19.7. The number of benzene rings is 1. The van der Waals surface area contributed by atoms with Crippen LogP contribution in [0.2, 0.25) is 0 Å². The minimum atomic E-state index is -6.19. The molecule has 0 spiro atoms. The van der Waals surface area contributed by atoms with Gasteiger partial charge in [0.2, 0.25) is 5.95 Å². The summed E-state index contributed by atoms with van der Waals surface area (Å²) < 4.78 is 148. The molecule has 26 heavy (non-hydrogen) atoms. The molecule has 1 aromatic carbocycles. The number of fused-ring (bicyclic) bond motifs is 1. The Morgan fingerprint density at radius 1 is 0.923 bits per heavy atom. The predicted octanol–water partition coefficient (Wildman–Crippen LogP) is 3.38. The molecule has 2 N–H and O–H groups in total. The topological polar surface area (TPSA) is 51.3 Å². The zero-order valence-corrected chi connectivity index (χ0v) is 11.5. The van der Waals surface area contributed by atoms with E-state index in [2.05, 4.69) is 5.73 Å². The largest absolute Gasteiger partial charge is 0.365 e. The second-order valence-corrected chi connectivity index (χ2v) is 4.72. The molecule has 4 nitrogen and oxygen atoms in total. The van der Waals surface area contributed by atoms with Crippen LogP contribution >= 0.6 is 0 Å². The van der Waals surface area contributed by atoms with Gasteiger partial charge in [0, 0.05) is 0 Å². The van der Waals surface area contributed by atoms with Crippen LogP contribution in [-0.2, 0) is 10.7 Å². The number of primary amides is 1. The molecule has 2 aromatic rings. The maximum absolute atomic E-state index is 14.1. The third kappa shape index (κ3) is 2.15. The lowest BCUT2D eigenvalue weighted by Crippen LogP contribution is -2.58. The summed E-state index contributed by atoms with van der Waals surface area (Å²) in [4.78, 5) is 8.93. The Morgan fingerprint density at radius 3 is 1.81 bits per heavy atom. The van der Waals surface area contributed by atoms with Crippen LogP contribution in [0.1, 0.15) is 5.56 Å². The summed E-state index contributed by atoms with van der Waals surface area (Å²) in [5, 5.41) is -5.60. The van der Waals surface area contributed by atoms with E-state index in [1.54, 1.807) is 0 Å². The molecule has 0 radical (unpaired) electrons. The number of hydrogen-bond acceptors (Lipinski definition) is 2. The summed E-state index contributed by atoms with van der Waals surface area (Å²) in [6.07, 6.45) is 0. The molecular formula is C11H2F11N3O. The van der Waals surface area contributed by atoms with Crippen LogP contribution in [-0.4, -0.2) is 21.8 Å². The van der Waals surface area contributed by atoms with Gasteiger partial charge in [0.1, 0.15) is 5.52 Å². The molecule has 0 unspecified atom stereocenters. The van der Waals surface area contributed by atoms with Gasteiger partial charge >= 0.3 is 11.7 Å². The number of aromatic nitrogens is 1. The van der Waals surface area contributed by atoms with Gasteiger partial charge < -0.3 is 5.73 Å². The van der Waals surface area contributed by atoms with Gasteiger partial charge in [-0.2, -0.15) is 13.2 Å². The zero-order chi connectivity index (χ0) is 20.4. The van der Waals surface area contributed by atoms with Crippen LogP contribution in [0.5, 0.6) is 0 Å². The highest BCUT2D eigenvalue weighted by atomic mass is 19.4. The molecule has 144 valence electrons. The standard InChI is InChI=1S/C11H2F11N3O/c12-3-1-2(10(17,18)11(19,9(23)26)25(21)22)8(16)24(20)7(1)6(15)5(14)4(3)13/h(H2,23,26)/t11-/m1/s1. The van der Waals surface area contributed by atoms with Crippen LogP contribution < -0.4 is 5.73 Å². The molecule has 2 rings (SSSR count). The average Bonchev–Trinajstić information content (AvgIpc) is 2.81. The van der Waals surface area contributed by atoms with Crippen LogP contribution in [0.25, 0.3) is 10.9 Å². The smallest absolute Gasteiger partial charge is 0.364 e. The van der Waals surface area contributed by atoms with Gasteiger partial charge in [-0.15, -0.1) is 4.79 Å². The van der Waals surface area contributed by atoms with Crippen molar-refractivity contribution in [1.29, 1.82) is 0 Å². The molecule has 0 fully saturated rings. The molecule has 1 heterocycles. The van der Waals surface area contributed by atoms with Crippen molar-refractivity contribution in [2.45, 2.75) is 11.7 Å². The number of nitrogens with zero attached hydrogens (tertiary/aromatic N) is 2. The maximum Gasteiger partial charge on any atom is 0.364 e. The summed E-state index contributed by atoms with van der Waals surface area (Å²) in [5.41, 5.74) is -1.29. The number of nitrogens with two attached hydrogens (primary N) is 1. The second kappa shape index (κ2) is 5.72. The summed E-state index contributed by atoms with van der Waals surface area (Å²) in [5.74, 6) is -29.6. The molecule has 0 saturated carbocycles. The highest BCUT2D eigenvalue weighted by molar-refractivity contribution is 5.89. The average molecular weight is 401 g/mol. The molecule has 0 aliphatic rings. The van der Waals surface area contributed by atoms with Gasteiger partial charge in [-0.05, 0) is 0 Å². The second-order valence-electron chi connectivity index (χ2n) is 4.72. The van der Waals surface area contributed by atoms with Crippen molar-refractivity contribution < 1.29 is 53.4 Å². The molecule has 0 bridgehead atoms. The molecule has 15 heteroatoms. The molecule has 1 aromatic heterocycles. The Kier molecular flexibility index (Phi) is 4.34. The van der Waals surface area contributed by atoms with Crippen molar-refractivity contribution in [1.82, 2.24) is 10.1 Å². The van der Waals surface area contributed by atoms with E-state index in [4.69, 9.17) is 0 Å². The van der Waals surface area contributed by atoms with Crippen LogP contribution in [0.15, 0.2) is 0 Å². The van der Waals surface area contributed by atoms with E-state index in [0.29, 0.717) is 0 Å². The maximum atomic E-state index is 14.1. The van der Waals surface area contributed by atoms with E-state index in [-0.39, 0.29) is 0 Å². The summed E-state index contributed by atoms with van der Waals surface area (Å²) in [6, 6.07) is 0. The van der Waals surface area contributed by atoms with E-state index in [1.807, 2.05) is 0 Å². The van der Waals surface area contributed by atoms with Gasteiger partial charge in [0.15, 0.2) is 23.3 Å². The van der Waals surface area contributed by atoms with Crippen molar-refractivity contribution in [2.75, 3.05) is 0 Å². The minimum Gasteiger partial charge on any atom is -0.365 e. The quantitative estimate of drug-likeness (QED) is 0.281. The molecular weight excluding hydrogens is 399 g/mol. The van der Waals surface area contributed by atoms with Crippen molar-refractivity contribution in [2.24, 2.45) is 5.73 Å². The first-order chi connectivity index (χ1) is 11.7. The van der Waals surface area contributed by atoms with E-state index >= 15 is 0 Å². The van der Waals surface area contributed by atoms with Gasteiger partial charge in [0.05, 0.1) is 16.3 Å². The number of rotatable bonds is 4. The number of amides is 1. The Hall–Kier alpha value is -2.58. The van der Waals surface area contributed by atoms with Crippen molar-refractivity contribution >= 4 is 16.8 Å². The summed E-state index contributed by atoms with van der Waals surface area (Å²) >= 11 is 0. The third-order valence-corrected chi connectivity index (χ3v) is 3.36. The Balaban J connectivity index is 3.08. The van der Waals surface area contributed by atoms with Crippen LogP contribution in [0.4, 0.5) is 48.6 Å². The fourth-order valence-corrected chi connectivity index (χ4v) is 2.13. The fraction of sp³-hybridized carbons (Fsp3) is 0.182. The summed E-state index contributed by atoms with van der Waals surface area (Å²) in [6.45, 7) is 0. The highest BCUT2D eigenvalue weighted by Gasteiger charge is 2.69. The normalized spacial score (nSPS) is 14.9. The van der Waals surface area contributed by atoms with Gasteiger partial charge in [0.25, 0.3) is 5.91 Å². The molecule has 1 amide bonds. The van der Waals surface area contributed by atoms with Gasteiger partial charge in [-0.1, -0.05) is 13.4 Å². The van der Waals surface area contributed by atoms with Gasteiger partial charge in [-0.3, -0.25) is 4.79 Å². The van der Waals surface area contributed by atoms with E-state index in [9.17, 15) is 53.4 Å². The monoisotopic (exact) mass is 401 g/mol.